The summed E-state index contributed by atoms with van der Waals surface area (Å²) in [5, 5.41) is 5.53. The lowest BCUT2D eigenvalue weighted by Crippen LogP contribution is -2.51. The molecule has 0 aliphatic carbocycles. The fraction of sp³-hybridized carbons (Fsp3) is 0.375. The zero-order valence-electron chi connectivity index (χ0n) is 13.3. The molecule has 0 spiro atoms. The number of nitrogens with one attached hydrogen (secondary N) is 1. The Labute approximate surface area is 147 Å². The minimum absolute atomic E-state index is 0.0649. The Hall–Kier alpha value is -2.29. The largest absolute Gasteiger partial charge is 0.416 e. The number of hydrogen-bond donors (Lipinski definition) is 1. The molecule has 1 aromatic carbocycles. The van der Waals surface area contributed by atoms with Gasteiger partial charge in [0, 0.05) is 44.3 Å². The van der Waals surface area contributed by atoms with E-state index in [0.717, 1.165) is 17.3 Å². The van der Waals surface area contributed by atoms with Crippen molar-refractivity contribution < 1.29 is 18.0 Å². The Morgan fingerprint density at radius 3 is 2.64 bits per heavy atom. The number of carbonyl (C=O) groups is 1. The topological polar surface area (TPSA) is 48.5 Å². The molecule has 1 aliphatic rings. The molecule has 2 amide bonds. The average Bonchev–Trinajstić information content (AvgIpc) is 3.14. The molecule has 0 radical (unpaired) electrons. The lowest BCUT2D eigenvalue weighted by molar-refractivity contribution is -0.137. The van der Waals surface area contributed by atoms with Gasteiger partial charge in [-0.25, -0.2) is 9.78 Å². The van der Waals surface area contributed by atoms with Crippen LogP contribution in [0.3, 0.4) is 0 Å². The summed E-state index contributed by atoms with van der Waals surface area (Å²) in [6.45, 7) is 2.53. The molecule has 5 nitrogen and oxygen atoms in total. The third-order valence-corrected chi connectivity index (χ3v) is 4.79. The highest BCUT2D eigenvalue weighted by Crippen LogP contribution is 2.29. The van der Waals surface area contributed by atoms with Crippen molar-refractivity contribution in [1.82, 2.24) is 15.2 Å². The van der Waals surface area contributed by atoms with Gasteiger partial charge in [0.2, 0.25) is 0 Å². The summed E-state index contributed by atoms with van der Waals surface area (Å²) in [4.78, 5) is 20.2. The maximum absolute atomic E-state index is 12.7. The van der Waals surface area contributed by atoms with Crippen LogP contribution >= 0.6 is 11.3 Å². The SMILES string of the molecule is O=C(NCc1cccc(C(F)(F)F)c1)N1CCN(c2nccs2)CC1. The van der Waals surface area contributed by atoms with Gasteiger partial charge in [-0.15, -0.1) is 11.3 Å². The monoisotopic (exact) mass is 370 g/mol. The first-order valence-corrected chi connectivity index (χ1v) is 8.65. The number of thiazole rings is 1. The Morgan fingerprint density at radius 1 is 1.24 bits per heavy atom. The molecule has 1 N–H and O–H groups in total. The van der Waals surface area contributed by atoms with E-state index >= 15 is 0 Å². The van der Waals surface area contributed by atoms with Gasteiger partial charge in [0.1, 0.15) is 0 Å². The Morgan fingerprint density at radius 2 is 2.00 bits per heavy atom. The Balaban J connectivity index is 1.50. The van der Waals surface area contributed by atoms with Gasteiger partial charge in [-0.2, -0.15) is 13.2 Å². The number of rotatable bonds is 3. The average molecular weight is 370 g/mol. The summed E-state index contributed by atoms with van der Waals surface area (Å²) in [6, 6.07) is 4.72. The van der Waals surface area contributed by atoms with Crippen molar-refractivity contribution in [1.29, 1.82) is 0 Å². The van der Waals surface area contributed by atoms with E-state index in [1.54, 1.807) is 28.5 Å². The van der Waals surface area contributed by atoms with Gasteiger partial charge < -0.3 is 15.1 Å². The summed E-state index contributed by atoms with van der Waals surface area (Å²) < 4.78 is 38.1. The van der Waals surface area contributed by atoms with Gasteiger partial charge in [-0.1, -0.05) is 12.1 Å². The molecule has 25 heavy (non-hydrogen) atoms. The molecule has 0 saturated carbocycles. The van der Waals surface area contributed by atoms with E-state index in [2.05, 4.69) is 15.2 Å². The summed E-state index contributed by atoms with van der Waals surface area (Å²) in [5.74, 6) is 0. The number of carbonyl (C=O) groups excluding carboxylic acids is 1. The van der Waals surface area contributed by atoms with Crippen LogP contribution in [-0.2, 0) is 12.7 Å². The molecule has 1 saturated heterocycles. The van der Waals surface area contributed by atoms with Crippen molar-refractivity contribution in [2.24, 2.45) is 0 Å². The second-order valence-electron chi connectivity index (χ2n) is 5.65. The maximum Gasteiger partial charge on any atom is 0.416 e. The smallest absolute Gasteiger partial charge is 0.345 e. The standard InChI is InChI=1S/C16H17F3N4OS/c17-16(18,19)13-3-1-2-12(10-13)11-21-14(24)22-5-7-23(8-6-22)15-20-4-9-25-15/h1-4,9-10H,5-8,11H2,(H,21,24). The molecule has 0 bridgehead atoms. The van der Waals surface area contributed by atoms with Crippen molar-refractivity contribution in [3.63, 3.8) is 0 Å². The summed E-state index contributed by atoms with van der Waals surface area (Å²) in [7, 11) is 0. The first-order chi connectivity index (χ1) is 11.9. The Kier molecular flexibility index (Phi) is 5.12. The fourth-order valence-corrected chi connectivity index (χ4v) is 3.32. The van der Waals surface area contributed by atoms with Crippen LogP contribution in [-0.4, -0.2) is 42.1 Å². The second kappa shape index (κ2) is 7.30. The van der Waals surface area contributed by atoms with Gasteiger partial charge >= 0.3 is 12.2 Å². The Bertz CT molecular complexity index is 712. The third kappa shape index (κ3) is 4.41. The van der Waals surface area contributed by atoms with Gasteiger partial charge in [0.25, 0.3) is 0 Å². The van der Waals surface area contributed by atoms with Gasteiger partial charge in [-0.3, -0.25) is 0 Å². The van der Waals surface area contributed by atoms with Crippen LogP contribution in [0.2, 0.25) is 0 Å². The van der Waals surface area contributed by atoms with Crippen LogP contribution in [0.1, 0.15) is 11.1 Å². The van der Waals surface area contributed by atoms with Crippen molar-refractivity contribution in [3.8, 4) is 0 Å². The quantitative estimate of drug-likeness (QED) is 0.903. The molecular formula is C16H17F3N4OS. The van der Waals surface area contributed by atoms with Crippen LogP contribution < -0.4 is 10.2 Å². The molecular weight excluding hydrogens is 353 g/mol. The number of piperazine rings is 1. The van der Waals surface area contributed by atoms with Gasteiger partial charge in [0.15, 0.2) is 5.13 Å². The van der Waals surface area contributed by atoms with Gasteiger partial charge in [0.05, 0.1) is 5.56 Å². The highest BCUT2D eigenvalue weighted by atomic mass is 32.1. The van der Waals surface area contributed by atoms with E-state index < -0.39 is 11.7 Å². The number of hydrogen-bond acceptors (Lipinski definition) is 4. The first-order valence-electron chi connectivity index (χ1n) is 7.77. The lowest BCUT2D eigenvalue weighted by Gasteiger charge is -2.34. The number of amides is 2. The van der Waals surface area contributed by atoms with Crippen LogP contribution in [0.15, 0.2) is 35.8 Å². The number of benzene rings is 1. The second-order valence-corrected chi connectivity index (χ2v) is 6.52. The maximum atomic E-state index is 12.7. The zero-order valence-corrected chi connectivity index (χ0v) is 14.1. The van der Waals surface area contributed by atoms with Crippen LogP contribution in [0.4, 0.5) is 23.1 Å². The summed E-state index contributed by atoms with van der Waals surface area (Å²) in [5.41, 5.74) is -0.291. The number of aromatic nitrogens is 1. The molecule has 2 heterocycles. The summed E-state index contributed by atoms with van der Waals surface area (Å²) in [6.07, 6.45) is -2.64. The van der Waals surface area contributed by atoms with E-state index in [1.807, 2.05) is 5.38 Å². The highest BCUT2D eigenvalue weighted by molar-refractivity contribution is 7.13. The highest BCUT2D eigenvalue weighted by Gasteiger charge is 2.30. The zero-order chi connectivity index (χ0) is 17.9. The van der Waals surface area contributed by atoms with E-state index in [4.69, 9.17) is 0 Å². The molecule has 1 aromatic heterocycles. The summed E-state index contributed by atoms with van der Waals surface area (Å²) >= 11 is 1.55. The fourth-order valence-electron chi connectivity index (χ4n) is 2.62. The molecule has 0 atom stereocenters. The predicted octanol–water partition coefficient (Wildman–Crippen LogP) is 3.19. The molecule has 1 aliphatic heterocycles. The number of halogens is 3. The predicted molar refractivity (Wildman–Crippen MR) is 89.6 cm³/mol. The van der Waals surface area contributed by atoms with Gasteiger partial charge in [-0.05, 0) is 17.7 Å². The molecule has 0 unspecified atom stereocenters. The van der Waals surface area contributed by atoms with Crippen molar-refractivity contribution in [2.45, 2.75) is 12.7 Å². The lowest BCUT2D eigenvalue weighted by atomic mass is 10.1. The van der Waals surface area contributed by atoms with E-state index in [-0.39, 0.29) is 12.6 Å². The van der Waals surface area contributed by atoms with Crippen LogP contribution in [0, 0.1) is 0 Å². The number of nitrogens with zero attached hydrogens (tertiary/aromatic N) is 3. The molecule has 3 rings (SSSR count). The van der Waals surface area contributed by atoms with E-state index in [0.29, 0.717) is 31.7 Å². The molecule has 134 valence electrons. The minimum Gasteiger partial charge on any atom is -0.345 e. The van der Waals surface area contributed by atoms with Crippen molar-refractivity contribution >= 4 is 22.5 Å². The van der Waals surface area contributed by atoms with E-state index in [9.17, 15) is 18.0 Å². The third-order valence-electron chi connectivity index (χ3n) is 3.95. The number of urea groups is 1. The molecule has 2 aromatic rings. The molecule has 1 fully saturated rings. The van der Waals surface area contributed by atoms with E-state index in [1.165, 1.54) is 6.07 Å². The number of anilines is 1. The first kappa shape index (κ1) is 17.5. The van der Waals surface area contributed by atoms with Crippen LogP contribution in [0.5, 0.6) is 0 Å². The van der Waals surface area contributed by atoms with Crippen molar-refractivity contribution in [3.05, 3.63) is 47.0 Å². The number of alkyl halides is 3. The normalized spacial score (nSPS) is 15.3. The van der Waals surface area contributed by atoms with Crippen LogP contribution in [0.25, 0.3) is 0 Å². The minimum atomic E-state index is -4.38. The molecule has 9 heteroatoms. The van der Waals surface area contributed by atoms with Crippen molar-refractivity contribution in [2.75, 3.05) is 31.1 Å².